The summed E-state index contributed by atoms with van der Waals surface area (Å²) in [4.78, 5) is 36.9. The van der Waals surface area contributed by atoms with Gasteiger partial charge in [-0.25, -0.2) is 0 Å². The number of benzene rings is 1. The molecular weight excluding hydrogens is 360 g/mol. The summed E-state index contributed by atoms with van der Waals surface area (Å²) in [6.07, 6.45) is 1.57. The van der Waals surface area contributed by atoms with E-state index in [1.807, 2.05) is 27.7 Å². The summed E-state index contributed by atoms with van der Waals surface area (Å²) in [5, 5.41) is 5.66. The molecule has 0 fully saturated rings. The second-order valence-corrected chi connectivity index (χ2v) is 6.93. The van der Waals surface area contributed by atoms with Crippen LogP contribution in [-0.4, -0.2) is 43.6 Å². The Balaban J connectivity index is 2.80. The van der Waals surface area contributed by atoms with E-state index in [9.17, 15) is 14.4 Å². The average molecular weight is 392 g/mol. The Labute approximate surface area is 167 Å². The lowest BCUT2D eigenvalue weighted by Gasteiger charge is -2.25. The maximum atomic E-state index is 12.7. The Bertz CT molecular complexity index is 643. The fraction of sp³-hybridized carbons (Fsp3) is 0.571. The van der Waals surface area contributed by atoms with Crippen LogP contribution in [0.1, 0.15) is 57.3 Å². The fourth-order valence-electron chi connectivity index (χ4n) is 2.78. The molecular formula is C21H32N2O5. The first-order valence-electron chi connectivity index (χ1n) is 9.73. The Morgan fingerprint density at radius 1 is 1.04 bits per heavy atom. The minimum Gasteiger partial charge on any atom is -0.494 e. The highest BCUT2D eigenvalue weighted by molar-refractivity contribution is 5.97. The van der Waals surface area contributed by atoms with Crippen LogP contribution in [0.15, 0.2) is 24.3 Å². The lowest BCUT2D eigenvalue weighted by Crippen LogP contribution is -2.52. The summed E-state index contributed by atoms with van der Waals surface area (Å²) in [6.45, 7) is 8.13. The van der Waals surface area contributed by atoms with E-state index < -0.39 is 6.04 Å². The van der Waals surface area contributed by atoms with Crippen molar-refractivity contribution in [3.05, 3.63) is 29.8 Å². The van der Waals surface area contributed by atoms with E-state index >= 15 is 0 Å². The molecule has 0 aliphatic rings. The van der Waals surface area contributed by atoms with Crippen LogP contribution in [0.4, 0.5) is 0 Å². The second kappa shape index (κ2) is 12.0. The van der Waals surface area contributed by atoms with Crippen molar-refractivity contribution in [3.63, 3.8) is 0 Å². The molecule has 0 aromatic heterocycles. The number of nitrogens with one attached hydrogen (secondary N) is 2. The number of hydrogen-bond acceptors (Lipinski definition) is 5. The third-order valence-electron chi connectivity index (χ3n) is 4.29. The Morgan fingerprint density at radius 3 is 2.18 bits per heavy atom. The van der Waals surface area contributed by atoms with Crippen LogP contribution in [0.5, 0.6) is 5.75 Å². The van der Waals surface area contributed by atoms with Crippen LogP contribution in [0.25, 0.3) is 0 Å². The Morgan fingerprint density at radius 2 is 1.68 bits per heavy atom. The molecule has 0 aliphatic carbocycles. The van der Waals surface area contributed by atoms with Gasteiger partial charge in [-0.05, 0) is 43.5 Å². The van der Waals surface area contributed by atoms with Crippen LogP contribution in [0.2, 0.25) is 0 Å². The van der Waals surface area contributed by atoms with Gasteiger partial charge in [-0.3, -0.25) is 14.4 Å². The highest BCUT2D eigenvalue weighted by atomic mass is 16.5. The van der Waals surface area contributed by atoms with E-state index in [1.54, 1.807) is 24.3 Å². The number of esters is 1. The second-order valence-electron chi connectivity index (χ2n) is 6.93. The molecule has 1 aromatic rings. The minimum absolute atomic E-state index is 0.105. The molecule has 0 aliphatic heterocycles. The molecule has 2 atom stereocenters. The van der Waals surface area contributed by atoms with Crippen molar-refractivity contribution in [1.29, 1.82) is 0 Å². The molecule has 2 unspecified atom stereocenters. The predicted molar refractivity (Wildman–Crippen MR) is 107 cm³/mol. The molecule has 0 saturated heterocycles. The van der Waals surface area contributed by atoms with Crippen molar-refractivity contribution in [2.45, 2.75) is 59.0 Å². The molecule has 7 nitrogen and oxygen atoms in total. The molecule has 156 valence electrons. The maximum absolute atomic E-state index is 12.7. The zero-order valence-corrected chi connectivity index (χ0v) is 17.4. The fourth-order valence-corrected chi connectivity index (χ4v) is 2.78. The first-order valence-corrected chi connectivity index (χ1v) is 9.73. The number of carbonyl (C=O) groups excluding carboxylic acids is 3. The van der Waals surface area contributed by atoms with E-state index in [1.165, 1.54) is 7.11 Å². The minimum atomic E-state index is -0.712. The molecule has 2 N–H and O–H groups in total. The van der Waals surface area contributed by atoms with Crippen LogP contribution in [-0.2, 0) is 14.3 Å². The van der Waals surface area contributed by atoms with Gasteiger partial charge in [0.2, 0.25) is 5.91 Å². The van der Waals surface area contributed by atoms with Gasteiger partial charge in [-0.15, -0.1) is 0 Å². The largest absolute Gasteiger partial charge is 0.494 e. The van der Waals surface area contributed by atoms with Crippen molar-refractivity contribution < 1.29 is 23.9 Å². The summed E-state index contributed by atoms with van der Waals surface area (Å²) in [7, 11) is 1.32. The van der Waals surface area contributed by atoms with Crippen molar-refractivity contribution in [2.75, 3.05) is 13.7 Å². The summed E-state index contributed by atoms with van der Waals surface area (Å²) in [5.41, 5.74) is 0.446. The predicted octanol–water partition coefficient (Wildman–Crippen LogP) is 2.69. The standard InChI is InChI=1S/C21H32N2O5/c1-6-8-16(13-18(24)27-5)22-21(26)19(14(3)4)23-20(25)15-9-11-17(12-10-15)28-7-2/h9-12,14,16,19H,6-8,13H2,1-5H3,(H,22,26)(H,23,25). The van der Waals surface area contributed by atoms with Gasteiger partial charge >= 0.3 is 5.97 Å². The Hall–Kier alpha value is -2.57. The van der Waals surface area contributed by atoms with Gasteiger partial charge in [-0.2, -0.15) is 0 Å². The molecule has 1 rings (SSSR count). The lowest BCUT2D eigenvalue weighted by molar-refractivity contribution is -0.141. The first-order chi connectivity index (χ1) is 13.3. The molecule has 0 radical (unpaired) electrons. The van der Waals surface area contributed by atoms with E-state index in [2.05, 4.69) is 10.6 Å². The average Bonchev–Trinajstić information content (AvgIpc) is 2.66. The van der Waals surface area contributed by atoms with Crippen LogP contribution >= 0.6 is 0 Å². The van der Waals surface area contributed by atoms with Crippen LogP contribution in [0.3, 0.4) is 0 Å². The summed E-state index contributed by atoms with van der Waals surface area (Å²) >= 11 is 0. The Kier molecular flexibility index (Phi) is 10.1. The number of amides is 2. The highest BCUT2D eigenvalue weighted by Crippen LogP contribution is 2.13. The molecule has 0 bridgehead atoms. The van der Waals surface area contributed by atoms with Gasteiger partial charge in [-0.1, -0.05) is 27.2 Å². The van der Waals surface area contributed by atoms with E-state index in [0.29, 0.717) is 24.3 Å². The molecule has 28 heavy (non-hydrogen) atoms. The first kappa shape index (κ1) is 23.5. The van der Waals surface area contributed by atoms with Gasteiger partial charge in [0, 0.05) is 11.6 Å². The van der Waals surface area contributed by atoms with Crippen molar-refractivity contribution in [1.82, 2.24) is 10.6 Å². The zero-order valence-electron chi connectivity index (χ0n) is 17.4. The third-order valence-corrected chi connectivity index (χ3v) is 4.29. The van der Waals surface area contributed by atoms with Crippen LogP contribution < -0.4 is 15.4 Å². The number of rotatable bonds is 11. The van der Waals surface area contributed by atoms with E-state index in [0.717, 1.165) is 6.42 Å². The lowest BCUT2D eigenvalue weighted by atomic mass is 10.0. The molecule has 7 heteroatoms. The molecule has 2 amide bonds. The number of carbonyl (C=O) groups is 3. The van der Waals surface area contributed by atoms with E-state index in [4.69, 9.17) is 9.47 Å². The summed E-state index contributed by atoms with van der Waals surface area (Å²) in [5.74, 6) is -0.457. The SMILES string of the molecule is CCCC(CC(=O)OC)NC(=O)C(NC(=O)c1ccc(OCC)cc1)C(C)C. The van der Waals surface area contributed by atoms with Gasteiger partial charge in [0.25, 0.3) is 5.91 Å². The van der Waals surface area contributed by atoms with Gasteiger partial charge in [0.1, 0.15) is 11.8 Å². The smallest absolute Gasteiger partial charge is 0.307 e. The third kappa shape index (κ3) is 7.58. The maximum Gasteiger partial charge on any atom is 0.307 e. The zero-order chi connectivity index (χ0) is 21.1. The monoisotopic (exact) mass is 392 g/mol. The quantitative estimate of drug-likeness (QED) is 0.565. The summed E-state index contributed by atoms with van der Waals surface area (Å²) in [6, 6.07) is 5.72. The topological polar surface area (TPSA) is 93.7 Å². The number of ether oxygens (including phenoxy) is 2. The van der Waals surface area contributed by atoms with Gasteiger partial charge in [0.05, 0.1) is 20.1 Å². The molecule has 0 saturated carbocycles. The summed E-state index contributed by atoms with van der Waals surface area (Å²) < 4.78 is 10.1. The normalized spacial score (nSPS) is 12.8. The van der Waals surface area contributed by atoms with Crippen molar-refractivity contribution in [2.24, 2.45) is 5.92 Å². The number of methoxy groups -OCH3 is 1. The molecule has 0 spiro atoms. The van der Waals surface area contributed by atoms with Crippen LogP contribution in [0, 0.1) is 5.92 Å². The van der Waals surface area contributed by atoms with E-state index in [-0.39, 0.29) is 36.2 Å². The number of hydrogen-bond donors (Lipinski definition) is 2. The van der Waals surface area contributed by atoms with Gasteiger partial charge < -0.3 is 20.1 Å². The van der Waals surface area contributed by atoms with Gasteiger partial charge in [0.15, 0.2) is 0 Å². The van der Waals surface area contributed by atoms with Crippen molar-refractivity contribution >= 4 is 17.8 Å². The van der Waals surface area contributed by atoms with Crippen molar-refractivity contribution in [3.8, 4) is 5.75 Å². The highest BCUT2D eigenvalue weighted by Gasteiger charge is 2.27. The molecule has 1 aromatic carbocycles. The molecule has 0 heterocycles.